The number of hydrogen-bond acceptors (Lipinski definition) is 10. The molecular weight excluding hydrogens is 308 g/mol. The van der Waals surface area contributed by atoms with Crippen LogP contribution in [-0.2, 0) is 30.5 Å². The number of rotatable bonds is 7. The number of carbonyl (C=O) groups excluding carboxylic acids is 2. The van der Waals surface area contributed by atoms with Crippen molar-refractivity contribution >= 4 is 29.1 Å². The first-order chi connectivity index (χ1) is 11.0. The fraction of sp³-hybridized carbons (Fsp3) is 0.500. The highest BCUT2D eigenvalue weighted by molar-refractivity contribution is 5.69. The highest BCUT2D eigenvalue weighted by Gasteiger charge is 2.15. The van der Waals surface area contributed by atoms with Crippen LogP contribution in [0, 0.1) is 0 Å². The van der Waals surface area contributed by atoms with Crippen molar-refractivity contribution in [3.63, 3.8) is 0 Å². The Morgan fingerprint density at radius 1 is 1.26 bits per heavy atom. The van der Waals surface area contributed by atoms with Crippen molar-refractivity contribution in [1.29, 1.82) is 0 Å². The highest BCUT2D eigenvalue weighted by Crippen LogP contribution is 2.09. The smallest absolute Gasteiger partial charge is 0.302 e. The molecule has 2 aromatic heterocycles. The Morgan fingerprint density at radius 3 is 2.52 bits per heavy atom. The van der Waals surface area contributed by atoms with Gasteiger partial charge in [0.25, 0.3) is 0 Å². The normalized spacial score (nSPS) is 10.9. The molecule has 2 heterocycles. The minimum atomic E-state index is -0.642. The Labute approximate surface area is 130 Å². The van der Waals surface area contributed by atoms with Crippen LogP contribution in [0.1, 0.15) is 13.8 Å². The molecular formula is C12H16N6O5. The molecule has 0 saturated heterocycles. The second-order valence-electron chi connectivity index (χ2n) is 4.55. The van der Waals surface area contributed by atoms with Gasteiger partial charge in [0.05, 0.1) is 6.20 Å². The van der Waals surface area contributed by atoms with Gasteiger partial charge in [-0.2, -0.15) is 4.98 Å². The topological polar surface area (TPSA) is 144 Å². The molecule has 0 saturated carbocycles. The van der Waals surface area contributed by atoms with Gasteiger partial charge in [0, 0.05) is 13.8 Å². The lowest BCUT2D eigenvalue weighted by Gasteiger charge is -2.17. The molecule has 2 N–H and O–H groups in total. The van der Waals surface area contributed by atoms with Crippen LogP contribution >= 0.6 is 0 Å². The van der Waals surface area contributed by atoms with E-state index in [2.05, 4.69) is 20.3 Å². The lowest BCUT2D eigenvalue weighted by Crippen LogP contribution is -2.28. The number of anilines is 1. The number of nitrogens with two attached hydrogens (primary N) is 1. The first-order valence-electron chi connectivity index (χ1n) is 6.65. The molecule has 124 valence electrons. The van der Waals surface area contributed by atoms with Gasteiger partial charge in [-0.15, -0.1) is 5.10 Å². The van der Waals surface area contributed by atoms with Gasteiger partial charge in [-0.25, -0.2) is 9.67 Å². The molecule has 0 bridgehead atoms. The largest absolute Gasteiger partial charge is 0.463 e. The Bertz CT molecular complexity index is 684. The third-order valence-corrected chi connectivity index (χ3v) is 2.67. The van der Waals surface area contributed by atoms with Crippen LogP contribution in [0.3, 0.4) is 0 Å². The van der Waals surface area contributed by atoms with Crippen molar-refractivity contribution in [1.82, 2.24) is 25.0 Å². The van der Waals surface area contributed by atoms with Crippen molar-refractivity contribution in [2.45, 2.75) is 26.7 Å². The van der Waals surface area contributed by atoms with E-state index in [4.69, 9.17) is 19.9 Å². The number of ether oxygens (including phenoxy) is 3. The Morgan fingerprint density at radius 2 is 1.91 bits per heavy atom. The summed E-state index contributed by atoms with van der Waals surface area (Å²) >= 11 is 0. The van der Waals surface area contributed by atoms with Crippen LogP contribution in [0.15, 0.2) is 6.20 Å². The summed E-state index contributed by atoms with van der Waals surface area (Å²) in [6, 6.07) is 0. The Balaban J connectivity index is 2.00. The van der Waals surface area contributed by atoms with Crippen LogP contribution in [0.5, 0.6) is 0 Å². The summed E-state index contributed by atoms with van der Waals surface area (Å²) in [6.07, 6.45) is 0.825. The van der Waals surface area contributed by atoms with Gasteiger partial charge in [0.1, 0.15) is 31.6 Å². The van der Waals surface area contributed by atoms with E-state index in [0.29, 0.717) is 11.2 Å². The number of nitrogens with zero attached hydrogens (tertiary/aromatic N) is 5. The molecule has 0 radical (unpaired) electrons. The van der Waals surface area contributed by atoms with Gasteiger partial charge in [0.15, 0.2) is 0 Å². The highest BCUT2D eigenvalue weighted by atomic mass is 16.6. The maximum atomic E-state index is 10.9. The second-order valence-corrected chi connectivity index (χ2v) is 4.55. The number of fused-ring (bicyclic) bond motifs is 1. The quantitative estimate of drug-likeness (QED) is 0.647. The number of aromatic nitrogens is 5. The molecule has 0 aliphatic rings. The molecule has 0 amide bonds. The SMILES string of the molecule is CC(=O)OCC(COC(C)=O)OCn1nnc2nc(N)ncc21. The molecule has 23 heavy (non-hydrogen) atoms. The molecule has 0 atom stereocenters. The number of esters is 2. The Hall–Kier alpha value is -2.82. The average Bonchev–Trinajstić information content (AvgIpc) is 2.88. The predicted molar refractivity (Wildman–Crippen MR) is 75.7 cm³/mol. The molecule has 0 aliphatic carbocycles. The van der Waals surface area contributed by atoms with Crippen LogP contribution in [0.25, 0.3) is 11.2 Å². The van der Waals surface area contributed by atoms with Crippen molar-refractivity contribution in [2.75, 3.05) is 18.9 Å². The lowest BCUT2D eigenvalue weighted by molar-refractivity contribution is -0.155. The van der Waals surface area contributed by atoms with Crippen LogP contribution < -0.4 is 5.73 Å². The van der Waals surface area contributed by atoms with E-state index in [1.807, 2.05) is 0 Å². The Kier molecular flexibility index (Phi) is 5.36. The fourth-order valence-electron chi connectivity index (χ4n) is 1.62. The van der Waals surface area contributed by atoms with Gasteiger partial charge in [-0.3, -0.25) is 9.59 Å². The first-order valence-corrected chi connectivity index (χ1v) is 6.65. The van der Waals surface area contributed by atoms with Gasteiger partial charge in [0.2, 0.25) is 11.6 Å². The summed E-state index contributed by atoms with van der Waals surface area (Å²) in [4.78, 5) is 29.5. The van der Waals surface area contributed by atoms with Crippen LogP contribution in [0.4, 0.5) is 5.95 Å². The summed E-state index contributed by atoms with van der Waals surface area (Å²) in [5.41, 5.74) is 6.32. The zero-order valence-electron chi connectivity index (χ0n) is 12.6. The van der Waals surface area contributed by atoms with Crippen LogP contribution in [0.2, 0.25) is 0 Å². The molecule has 2 aromatic rings. The summed E-state index contributed by atoms with van der Waals surface area (Å²) in [6.45, 7) is 2.42. The van der Waals surface area contributed by atoms with E-state index in [0.717, 1.165) is 0 Å². The molecule has 0 spiro atoms. The van der Waals surface area contributed by atoms with Crippen LogP contribution in [-0.4, -0.2) is 56.2 Å². The maximum Gasteiger partial charge on any atom is 0.302 e. The summed E-state index contributed by atoms with van der Waals surface area (Å²) in [5, 5.41) is 7.70. The number of carbonyl (C=O) groups is 2. The standard InChI is InChI=1S/C12H16N6O5/c1-7(19)21-4-9(5-22-8(2)20)23-6-18-10-3-14-12(13)15-11(10)16-17-18/h3,9H,4-6H2,1-2H3,(H2,13,14,15). The summed E-state index contributed by atoms with van der Waals surface area (Å²) in [5.74, 6) is -0.832. The van der Waals surface area contributed by atoms with Crippen molar-refractivity contribution in [2.24, 2.45) is 0 Å². The van der Waals surface area contributed by atoms with Gasteiger partial charge >= 0.3 is 11.9 Å². The minimum Gasteiger partial charge on any atom is -0.463 e. The van der Waals surface area contributed by atoms with Crippen molar-refractivity contribution in [3.05, 3.63) is 6.20 Å². The second kappa shape index (κ2) is 7.45. The molecule has 0 aliphatic heterocycles. The van der Waals surface area contributed by atoms with Gasteiger partial charge in [-0.05, 0) is 0 Å². The van der Waals surface area contributed by atoms with Crippen molar-refractivity contribution in [3.8, 4) is 0 Å². The van der Waals surface area contributed by atoms with Crippen molar-refractivity contribution < 1.29 is 23.8 Å². The molecule has 11 heteroatoms. The average molecular weight is 324 g/mol. The van der Waals surface area contributed by atoms with E-state index in [1.54, 1.807) is 0 Å². The first kappa shape index (κ1) is 16.5. The zero-order valence-corrected chi connectivity index (χ0v) is 12.6. The van der Waals surface area contributed by atoms with Gasteiger partial charge < -0.3 is 19.9 Å². The molecule has 2 rings (SSSR count). The summed E-state index contributed by atoms with van der Waals surface area (Å²) in [7, 11) is 0. The van der Waals surface area contributed by atoms with E-state index in [1.165, 1.54) is 24.7 Å². The molecule has 0 aromatic carbocycles. The van der Waals surface area contributed by atoms with E-state index < -0.39 is 18.0 Å². The minimum absolute atomic E-state index is 0.0169. The number of hydrogen-bond donors (Lipinski definition) is 1. The summed E-state index contributed by atoms with van der Waals surface area (Å²) < 4.78 is 16.7. The molecule has 11 nitrogen and oxygen atoms in total. The van der Waals surface area contributed by atoms with E-state index in [-0.39, 0.29) is 25.9 Å². The molecule has 0 unspecified atom stereocenters. The third-order valence-electron chi connectivity index (χ3n) is 2.67. The zero-order chi connectivity index (χ0) is 16.8. The third kappa shape index (κ3) is 4.85. The predicted octanol–water partition coefficient (Wildman–Crippen LogP) is -0.728. The van der Waals surface area contributed by atoms with E-state index >= 15 is 0 Å². The maximum absolute atomic E-state index is 10.9. The fourth-order valence-corrected chi connectivity index (χ4v) is 1.62. The van der Waals surface area contributed by atoms with Gasteiger partial charge in [-0.1, -0.05) is 5.21 Å². The van der Waals surface area contributed by atoms with E-state index in [9.17, 15) is 9.59 Å². The lowest BCUT2D eigenvalue weighted by atomic mass is 10.4. The molecule has 0 fully saturated rings. The number of nitrogen functional groups attached to an aromatic ring is 1. The monoisotopic (exact) mass is 324 g/mol.